The number of hydrazone groups is 1. The fraction of sp³-hybridized carbons (Fsp3) is 0.103. The number of aryl methyl sites for hydroxylation is 1. The molecule has 0 saturated heterocycles. The monoisotopic (exact) mass is 484 g/mol. The van der Waals surface area contributed by atoms with Gasteiger partial charge in [0.1, 0.15) is 24.7 Å². The molecule has 0 fully saturated rings. The van der Waals surface area contributed by atoms with E-state index >= 15 is 0 Å². The predicted molar refractivity (Wildman–Crippen MR) is 139 cm³/mol. The first-order valence-corrected chi connectivity index (χ1v) is 11.5. The Hall–Kier alpha value is -4.09. The van der Waals surface area contributed by atoms with Crippen LogP contribution in [0.1, 0.15) is 32.6 Å². The molecule has 0 aliphatic heterocycles. The lowest BCUT2D eigenvalue weighted by atomic mass is 10.2. The van der Waals surface area contributed by atoms with Crippen LogP contribution in [0, 0.1) is 6.92 Å². The van der Waals surface area contributed by atoms with E-state index in [9.17, 15) is 4.79 Å². The van der Waals surface area contributed by atoms with Crippen LogP contribution in [0.5, 0.6) is 11.5 Å². The molecular weight excluding hydrogens is 460 g/mol. The van der Waals surface area contributed by atoms with Crippen molar-refractivity contribution in [3.05, 3.63) is 130 Å². The van der Waals surface area contributed by atoms with E-state index in [-0.39, 0.29) is 5.91 Å². The normalized spacial score (nSPS) is 10.8. The Balaban J connectivity index is 1.26. The van der Waals surface area contributed by atoms with Gasteiger partial charge in [0, 0.05) is 10.6 Å². The maximum atomic E-state index is 12.4. The molecule has 0 aromatic heterocycles. The molecule has 6 heteroatoms. The topological polar surface area (TPSA) is 59.9 Å². The number of nitrogens with one attached hydrogen (secondary N) is 1. The zero-order valence-electron chi connectivity index (χ0n) is 19.3. The molecule has 0 aliphatic rings. The van der Waals surface area contributed by atoms with Gasteiger partial charge in [0.05, 0.1) is 6.21 Å². The molecule has 0 spiro atoms. The number of hydrogen-bond acceptors (Lipinski definition) is 4. The summed E-state index contributed by atoms with van der Waals surface area (Å²) in [6.07, 6.45) is 1.58. The number of carbonyl (C=O) groups is 1. The van der Waals surface area contributed by atoms with Crippen LogP contribution >= 0.6 is 11.6 Å². The molecule has 4 aromatic carbocycles. The standard InChI is InChI=1S/C29H25ClN2O3/c1-21-5-7-22(8-6-21)19-34-27-15-11-25(12-16-27)29(33)32-31-18-24-3-2-4-28(17-24)35-20-23-9-13-26(30)14-10-23/h2-18H,19-20H2,1H3,(H,32,33). The van der Waals surface area contributed by atoms with Crippen molar-refractivity contribution < 1.29 is 14.3 Å². The highest BCUT2D eigenvalue weighted by Crippen LogP contribution is 2.17. The van der Waals surface area contributed by atoms with Crippen LogP contribution in [0.25, 0.3) is 0 Å². The molecule has 0 saturated carbocycles. The minimum Gasteiger partial charge on any atom is -0.489 e. The quantitative estimate of drug-likeness (QED) is 0.216. The average molecular weight is 485 g/mol. The van der Waals surface area contributed by atoms with Crippen molar-refractivity contribution in [3.8, 4) is 11.5 Å². The Kier molecular flexibility index (Phi) is 8.15. The molecule has 0 heterocycles. The van der Waals surface area contributed by atoms with Gasteiger partial charge in [-0.15, -0.1) is 0 Å². The molecule has 4 rings (SSSR count). The summed E-state index contributed by atoms with van der Waals surface area (Å²) in [5.74, 6) is 1.10. The van der Waals surface area contributed by atoms with Gasteiger partial charge in [-0.3, -0.25) is 4.79 Å². The van der Waals surface area contributed by atoms with Crippen LogP contribution < -0.4 is 14.9 Å². The SMILES string of the molecule is Cc1ccc(COc2ccc(C(=O)NN=Cc3cccc(OCc4ccc(Cl)cc4)c3)cc2)cc1. The Morgan fingerprint density at radius 2 is 1.46 bits per heavy atom. The molecule has 176 valence electrons. The number of nitrogens with zero attached hydrogens (tertiary/aromatic N) is 1. The van der Waals surface area contributed by atoms with Gasteiger partial charge in [0.25, 0.3) is 5.91 Å². The van der Waals surface area contributed by atoms with E-state index in [1.807, 2.05) is 67.6 Å². The highest BCUT2D eigenvalue weighted by molar-refractivity contribution is 6.30. The van der Waals surface area contributed by atoms with Crippen LogP contribution in [0.2, 0.25) is 5.02 Å². The summed E-state index contributed by atoms with van der Waals surface area (Å²) in [4.78, 5) is 12.4. The smallest absolute Gasteiger partial charge is 0.271 e. The van der Waals surface area contributed by atoms with Crippen molar-refractivity contribution in [1.82, 2.24) is 5.43 Å². The molecule has 4 aromatic rings. The molecule has 1 N–H and O–H groups in total. The number of halogens is 1. The molecule has 0 radical (unpaired) electrons. The van der Waals surface area contributed by atoms with Crippen molar-refractivity contribution in [1.29, 1.82) is 0 Å². The van der Waals surface area contributed by atoms with Crippen LogP contribution in [0.4, 0.5) is 0 Å². The minimum absolute atomic E-state index is 0.304. The van der Waals surface area contributed by atoms with E-state index in [1.165, 1.54) is 5.56 Å². The number of carbonyl (C=O) groups excluding carboxylic acids is 1. The number of ether oxygens (including phenoxy) is 2. The maximum absolute atomic E-state index is 12.4. The van der Waals surface area contributed by atoms with Crippen LogP contribution in [-0.4, -0.2) is 12.1 Å². The Morgan fingerprint density at radius 3 is 2.14 bits per heavy atom. The van der Waals surface area contributed by atoms with Crippen molar-refractivity contribution in [2.75, 3.05) is 0 Å². The summed E-state index contributed by atoms with van der Waals surface area (Å²) in [6.45, 7) is 2.95. The van der Waals surface area contributed by atoms with Gasteiger partial charge in [0.15, 0.2) is 0 Å². The molecule has 5 nitrogen and oxygen atoms in total. The zero-order valence-corrected chi connectivity index (χ0v) is 20.0. The third kappa shape index (κ3) is 7.45. The lowest BCUT2D eigenvalue weighted by molar-refractivity contribution is 0.0955. The Morgan fingerprint density at radius 1 is 0.829 bits per heavy atom. The summed E-state index contributed by atoms with van der Waals surface area (Å²) < 4.78 is 11.6. The van der Waals surface area contributed by atoms with Crippen molar-refractivity contribution in [2.24, 2.45) is 5.10 Å². The maximum Gasteiger partial charge on any atom is 0.271 e. The highest BCUT2D eigenvalue weighted by Gasteiger charge is 2.05. The van der Waals surface area contributed by atoms with E-state index in [0.717, 1.165) is 16.7 Å². The van der Waals surface area contributed by atoms with Gasteiger partial charge in [-0.2, -0.15) is 5.10 Å². The van der Waals surface area contributed by atoms with Crippen molar-refractivity contribution >= 4 is 23.7 Å². The lowest BCUT2D eigenvalue weighted by Crippen LogP contribution is -2.17. The van der Waals surface area contributed by atoms with Crippen molar-refractivity contribution in [3.63, 3.8) is 0 Å². The van der Waals surface area contributed by atoms with E-state index in [4.69, 9.17) is 21.1 Å². The Labute approximate surface area is 210 Å². The molecule has 0 bridgehead atoms. The van der Waals surface area contributed by atoms with Crippen LogP contribution in [0.15, 0.2) is 102 Å². The van der Waals surface area contributed by atoms with E-state index in [0.29, 0.717) is 35.3 Å². The largest absolute Gasteiger partial charge is 0.489 e. The molecule has 0 aliphatic carbocycles. The summed E-state index contributed by atoms with van der Waals surface area (Å²) in [5.41, 5.74) is 7.16. The molecule has 1 amide bonds. The van der Waals surface area contributed by atoms with E-state index in [1.54, 1.807) is 30.5 Å². The molecular formula is C29H25ClN2O3. The summed E-state index contributed by atoms with van der Waals surface area (Å²) in [7, 11) is 0. The first-order valence-electron chi connectivity index (χ1n) is 11.1. The summed E-state index contributed by atoms with van der Waals surface area (Å²) in [6, 6.07) is 30.1. The van der Waals surface area contributed by atoms with E-state index in [2.05, 4.69) is 22.7 Å². The predicted octanol–water partition coefficient (Wildman–Crippen LogP) is 6.57. The molecule has 35 heavy (non-hydrogen) atoms. The minimum atomic E-state index is -0.304. The van der Waals surface area contributed by atoms with E-state index < -0.39 is 0 Å². The number of hydrogen-bond donors (Lipinski definition) is 1. The number of rotatable bonds is 9. The van der Waals surface area contributed by atoms with Gasteiger partial charge in [-0.1, -0.05) is 65.7 Å². The van der Waals surface area contributed by atoms with Crippen LogP contribution in [0.3, 0.4) is 0 Å². The van der Waals surface area contributed by atoms with Gasteiger partial charge >= 0.3 is 0 Å². The summed E-state index contributed by atoms with van der Waals surface area (Å²) in [5, 5.41) is 4.76. The van der Waals surface area contributed by atoms with Crippen LogP contribution in [-0.2, 0) is 13.2 Å². The third-order valence-electron chi connectivity index (χ3n) is 5.20. The number of benzene rings is 4. The lowest BCUT2D eigenvalue weighted by Gasteiger charge is -2.08. The second kappa shape index (κ2) is 11.9. The second-order valence-electron chi connectivity index (χ2n) is 7.99. The zero-order chi connectivity index (χ0) is 24.5. The first kappa shape index (κ1) is 24.0. The van der Waals surface area contributed by atoms with Gasteiger partial charge in [-0.25, -0.2) is 5.43 Å². The van der Waals surface area contributed by atoms with Gasteiger partial charge in [0.2, 0.25) is 0 Å². The molecule has 0 unspecified atom stereocenters. The van der Waals surface area contributed by atoms with Gasteiger partial charge in [-0.05, 0) is 72.1 Å². The highest BCUT2D eigenvalue weighted by atomic mass is 35.5. The fourth-order valence-corrected chi connectivity index (χ4v) is 3.34. The first-order chi connectivity index (χ1) is 17.0. The second-order valence-corrected chi connectivity index (χ2v) is 8.42. The number of amides is 1. The third-order valence-corrected chi connectivity index (χ3v) is 5.45. The summed E-state index contributed by atoms with van der Waals surface area (Å²) >= 11 is 5.91. The molecule has 0 atom stereocenters. The fourth-order valence-electron chi connectivity index (χ4n) is 3.22. The Bertz CT molecular complexity index is 1290. The average Bonchev–Trinajstić information content (AvgIpc) is 2.88. The van der Waals surface area contributed by atoms with Crippen molar-refractivity contribution in [2.45, 2.75) is 20.1 Å². The van der Waals surface area contributed by atoms with Gasteiger partial charge < -0.3 is 9.47 Å².